The van der Waals surface area contributed by atoms with Gasteiger partial charge in [-0.05, 0) is 12.3 Å². The first-order valence-corrected chi connectivity index (χ1v) is 5.71. The van der Waals surface area contributed by atoms with Gasteiger partial charge in [-0.1, -0.05) is 0 Å². The largest absolute Gasteiger partial charge is 0.381 e. The van der Waals surface area contributed by atoms with E-state index < -0.39 is 0 Å². The van der Waals surface area contributed by atoms with Crippen LogP contribution >= 0.6 is 11.3 Å². The zero-order chi connectivity index (χ0) is 9.80. The van der Waals surface area contributed by atoms with E-state index in [0.29, 0.717) is 12.3 Å². The van der Waals surface area contributed by atoms with Gasteiger partial charge in [-0.2, -0.15) is 0 Å². The predicted molar refractivity (Wildman–Crippen MR) is 54.5 cm³/mol. The van der Waals surface area contributed by atoms with E-state index in [0.717, 1.165) is 43.0 Å². The molecule has 1 fully saturated rings. The minimum atomic E-state index is 0.442. The Hall–Kier alpha value is -0.740. The van der Waals surface area contributed by atoms with E-state index in [2.05, 4.69) is 4.98 Å². The predicted octanol–water partition coefficient (Wildman–Crippen LogP) is 1.46. The van der Waals surface area contributed by atoms with Crippen molar-refractivity contribution in [3.63, 3.8) is 0 Å². The molecule has 0 aliphatic carbocycles. The maximum atomic E-state index is 10.3. The van der Waals surface area contributed by atoms with E-state index in [4.69, 9.17) is 4.74 Å². The van der Waals surface area contributed by atoms with Gasteiger partial charge >= 0.3 is 0 Å². The molecule has 2 rings (SSSR count). The molecule has 2 heterocycles. The minimum absolute atomic E-state index is 0.442. The molecule has 4 heteroatoms. The Morgan fingerprint density at radius 1 is 1.71 bits per heavy atom. The van der Waals surface area contributed by atoms with Crippen molar-refractivity contribution in [1.29, 1.82) is 0 Å². The number of hydrogen-bond acceptors (Lipinski definition) is 4. The van der Waals surface area contributed by atoms with Gasteiger partial charge in [0, 0.05) is 31.4 Å². The number of aldehydes is 1. The second-order valence-electron chi connectivity index (χ2n) is 3.54. The summed E-state index contributed by atoms with van der Waals surface area (Å²) in [6.07, 6.45) is 3.49. The molecule has 0 radical (unpaired) electrons. The fourth-order valence-electron chi connectivity index (χ4n) is 1.61. The summed E-state index contributed by atoms with van der Waals surface area (Å²) in [5.41, 5.74) is 0.902. The third kappa shape index (κ3) is 2.39. The number of aromatic nitrogens is 1. The van der Waals surface area contributed by atoms with Gasteiger partial charge in [0.05, 0.1) is 10.7 Å². The second-order valence-corrected chi connectivity index (χ2v) is 4.48. The zero-order valence-corrected chi connectivity index (χ0v) is 8.76. The number of rotatable bonds is 4. The first kappa shape index (κ1) is 9.80. The molecule has 1 aromatic heterocycles. The number of carbonyl (C=O) groups excluding carboxylic acids is 1. The normalized spacial score (nSPS) is 21.3. The summed E-state index contributed by atoms with van der Waals surface area (Å²) in [5, 5.41) is 3.11. The van der Waals surface area contributed by atoms with Gasteiger partial charge in [-0.15, -0.1) is 11.3 Å². The van der Waals surface area contributed by atoms with Gasteiger partial charge < -0.3 is 9.53 Å². The van der Waals surface area contributed by atoms with Crippen molar-refractivity contribution < 1.29 is 9.53 Å². The molecule has 1 saturated heterocycles. The van der Waals surface area contributed by atoms with Crippen molar-refractivity contribution in [1.82, 2.24) is 4.98 Å². The van der Waals surface area contributed by atoms with Crippen LogP contribution in [-0.4, -0.2) is 24.5 Å². The average molecular weight is 211 g/mol. The molecular formula is C10H13NO2S. The number of hydrogen-bond donors (Lipinski definition) is 0. The van der Waals surface area contributed by atoms with Crippen LogP contribution in [0.1, 0.15) is 17.1 Å². The Kier molecular flexibility index (Phi) is 3.26. The first-order chi connectivity index (χ1) is 6.88. The second kappa shape index (κ2) is 4.66. The number of thiazole rings is 1. The van der Waals surface area contributed by atoms with E-state index in [-0.39, 0.29) is 0 Å². The van der Waals surface area contributed by atoms with E-state index >= 15 is 0 Å². The molecule has 14 heavy (non-hydrogen) atoms. The number of ether oxygens (including phenoxy) is 1. The molecule has 76 valence electrons. The molecule has 1 aromatic rings. The molecule has 0 saturated carbocycles. The molecule has 0 amide bonds. The highest BCUT2D eigenvalue weighted by Gasteiger charge is 2.17. The van der Waals surface area contributed by atoms with Crippen molar-refractivity contribution in [2.45, 2.75) is 19.3 Å². The Morgan fingerprint density at radius 3 is 3.36 bits per heavy atom. The van der Waals surface area contributed by atoms with Crippen molar-refractivity contribution in [2.24, 2.45) is 5.92 Å². The molecule has 0 spiro atoms. The zero-order valence-electron chi connectivity index (χ0n) is 7.94. The lowest BCUT2D eigenvalue weighted by Gasteiger charge is -2.02. The van der Waals surface area contributed by atoms with Crippen molar-refractivity contribution in [2.75, 3.05) is 13.2 Å². The van der Waals surface area contributed by atoms with Gasteiger partial charge in [-0.3, -0.25) is 0 Å². The Morgan fingerprint density at radius 2 is 2.64 bits per heavy atom. The highest BCUT2D eigenvalue weighted by molar-refractivity contribution is 7.09. The van der Waals surface area contributed by atoms with Crippen LogP contribution in [0, 0.1) is 5.92 Å². The van der Waals surface area contributed by atoms with E-state index in [9.17, 15) is 4.79 Å². The molecule has 1 atom stereocenters. The first-order valence-electron chi connectivity index (χ1n) is 4.83. The lowest BCUT2D eigenvalue weighted by atomic mass is 10.1. The number of nitrogens with zero attached hydrogens (tertiary/aromatic N) is 1. The SMILES string of the molecule is O=CCc1csc(CC2CCOC2)n1. The molecule has 1 aliphatic rings. The minimum Gasteiger partial charge on any atom is -0.381 e. The van der Waals surface area contributed by atoms with Gasteiger partial charge in [0.2, 0.25) is 0 Å². The van der Waals surface area contributed by atoms with Crippen LogP contribution in [-0.2, 0) is 22.4 Å². The van der Waals surface area contributed by atoms with E-state index in [1.54, 1.807) is 11.3 Å². The molecular weight excluding hydrogens is 198 g/mol. The molecule has 1 unspecified atom stereocenters. The summed E-state index contributed by atoms with van der Waals surface area (Å²) in [4.78, 5) is 14.7. The summed E-state index contributed by atoms with van der Waals surface area (Å²) in [7, 11) is 0. The van der Waals surface area contributed by atoms with Crippen LogP contribution in [0.2, 0.25) is 0 Å². The van der Waals surface area contributed by atoms with Gasteiger partial charge in [0.1, 0.15) is 6.29 Å². The van der Waals surface area contributed by atoms with Crippen LogP contribution in [0.15, 0.2) is 5.38 Å². The fraction of sp³-hybridized carbons (Fsp3) is 0.600. The summed E-state index contributed by atoms with van der Waals surface area (Å²) in [6.45, 7) is 1.75. The highest BCUT2D eigenvalue weighted by Crippen LogP contribution is 2.20. The maximum absolute atomic E-state index is 10.3. The third-order valence-corrected chi connectivity index (χ3v) is 3.30. The quantitative estimate of drug-likeness (QED) is 0.708. The lowest BCUT2D eigenvalue weighted by Crippen LogP contribution is -2.03. The summed E-state index contributed by atoms with van der Waals surface area (Å²) >= 11 is 1.65. The molecule has 0 aromatic carbocycles. The average Bonchev–Trinajstić information content (AvgIpc) is 2.79. The molecule has 0 N–H and O–H groups in total. The van der Waals surface area contributed by atoms with Gasteiger partial charge in [0.15, 0.2) is 0 Å². The molecule has 1 aliphatic heterocycles. The summed E-state index contributed by atoms with van der Waals surface area (Å²) < 4.78 is 5.30. The lowest BCUT2D eigenvalue weighted by molar-refractivity contribution is -0.107. The smallest absolute Gasteiger partial charge is 0.125 e. The van der Waals surface area contributed by atoms with Crippen molar-refractivity contribution >= 4 is 17.6 Å². The molecule has 3 nitrogen and oxygen atoms in total. The van der Waals surface area contributed by atoms with Crippen molar-refractivity contribution in [3.8, 4) is 0 Å². The third-order valence-electron chi connectivity index (χ3n) is 2.38. The fourth-order valence-corrected chi connectivity index (χ4v) is 2.54. The molecule has 0 bridgehead atoms. The van der Waals surface area contributed by atoms with Crippen LogP contribution in [0.3, 0.4) is 0 Å². The Bertz CT molecular complexity index is 305. The monoisotopic (exact) mass is 211 g/mol. The maximum Gasteiger partial charge on any atom is 0.125 e. The standard InChI is InChI=1S/C10H13NO2S/c12-3-1-9-7-14-10(11-9)5-8-2-4-13-6-8/h3,7-8H,1-2,4-6H2. The van der Waals surface area contributed by atoms with Crippen LogP contribution in [0.25, 0.3) is 0 Å². The van der Waals surface area contributed by atoms with Crippen LogP contribution in [0.5, 0.6) is 0 Å². The topological polar surface area (TPSA) is 39.2 Å². The summed E-state index contributed by atoms with van der Waals surface area (Å²) in [5.74, 6) is 0.630. The number of carbonyl (C=O) groups is 1. The Labute approximate surface area is 87.1 Å². The van der Waals surface area contributed by atoms with Crippen LogP contribution in [0.4, 0.5) is 0 Å². The van der Waals surface area contributed by atoms with E-state index in [1.807, 2.05) is 5.38 Å². The van der Waals surface area contributed by atoms with E-state index in [1.165, 1.54) is 0 Å². The Balaban J connectivity index is 1.91. The van der Waals surface area contributed by atoms with Crippen molar-refractivity contribution in [3.05, 3.63) is 16.1 Å². The van der Waals surface area contributed by atoms with Gasteiger partial charge in [-0.25, -0.2) is 4.98 Å². The summed E-state index contributed by atoms with van der Waals surface area (Å²) in [6, 6.07) is 0. The highest BCUT2D eigenvalue weighted by atomic mass is 32.1. The van der Waals surface area contributed by atoms with Crippen LogP contribution < -0.4 is 0 Å². The van der Waals surface area contributed by atoms with Gasteiger partial charge in [0.25, 0.3) is 0 Å².